The molecule has 0 saturated heterocycles. The molecule has 2 aromatic rings. The van der Waals surface area contributed by atoms with Gasteiger partial charge in [-0.05, 0) is 61.6 Å². The highest BCUT2D eigenvalue weighted by Gasteiger charge is 2.16. The first-order chi connectivity index (χ1) is 17.8. The number of urea groups is 1. The molecule has 2 aromatic carbocycles. The number of nitrogens with zero attached hydrogens (tertiary/aromatic N) is 3. The zero-order valence-corrected chi connectivity index (χ0v) is 21.2. The molecular weight excluding hydrogens is 493 g/mol. The van der Waals surface area contributed by atoms with Crippen LogP contribution in [0.15, 0.2) is 94.1 Å². The second kappa shape index (κ2) is 14.0. The number of hydrogen-bond donors (Lipinski definition) is 4. The summed E-state index contributed by atoms with van der Waals surface area (Å²) in [6.07, 6.45) is 8.29. The first kappa shape index (κ1) is 27.7. The maximum absolute atomic E-state index is 12.4. The van der Waals surface area contributed by atoms with Crippen LogP contribution in [0.1, 0.15) is 30.4 Å². The van der Waals surface area contributed by atoms with Crippen LogP contribution in [-0.4, -0.2) is 46.7 Å². The molecule has 11 heteroatoms. The first-order valence-corrected chi connectivity index (χ1v) is 13.3. The number of allylic oxidation sites excluding steroid dienone is 2. The van der Waals surface area contributed by atoms with E-state index in [1.54, 1.807) is 30.5 Å². The van der Waals surface area contributed by atoms with Gasteiger partial charge in [-0.2, -0.15) is 0 Å². The summed E-state index contributed by atoms with van der Waals surface area (Å²) in [7, 11) is -4.63. The molecule has 0 unspecified atom stereocenters. The van der Waals surface area contributed by atoms with Gasteiger partial charge in [-0.3, -0.25) is 20.1 Å². The van der Waals surface area contributed by atoms with E-state index in [0.29, 0.717) is 35.9 Å². The number of phosphoric ester groups is 1. The fraction of sp³-hybridized carbons (Fsp3) is 0.231. The summed E-state index contributed by atoms with van der Waals surface area (Å²) in [5, 5.41) is 5.61. The second-order valence-corrected chi connectivity index (χ2v) is 9.20. The molecule has 0 spiro atoms. The third kappa shape index (κ3) is 10.3. The smallest absolute Gasteiger partial charge is 0.404 e. The number of hydrogen-bond acceptors (Lipinski definition) is 5. The number of unbranched alkanes of at least 4 members (excludes halogenated alkanes) is 1. The molecule has 1 heterocycles. The highest BCUT2D eigenvalue weighted by atomic mass is 31.2. The minimum absolute atomic E-state index is 0.0317. The minimum Gasteiger partial charge on any atom is -0.404 e. The highest BCUT2D eigenvalue weighted by Crippen LogP contribution is 2.37. The normalized spacial score (nSPS) is 14.7. The van der Waals surface area contributed by atoms with Gasteiger partial charge in [-0.25, -0.2) is 19.3 Å². The summed E-state index contributed by atoms with van der Waals surface area (Å²) in [4.78, 5) is 43.5. The van der Waals surface area contributed by atoms with Gasteiger partial charge in [0.1, 0.15) is 11.6 Å². The van der Waals surface area contributed by atoms with Crippen LogP contribution in [0.5, 0.6) is 5.75 Å². The van der Waals surface area contributed by atoms with E-state index >= 15 is 0 Å². The zero-order chi connectivity index (χ0) is 26.5. The molecule has 37 heavy (non-hydrogen) atoms. The topological polar surface area (TPSA) is 145 Å². The third-order valence-corrected chi connectivity index (χ3v) is 5.51. The van der Waals surface area contributed by atoms with E-state index in [-0.39, 0.29) is 18.3 Å². The van der Waals surface area contributed by atoms with Gasteiger partial charge in [0.2, 0.25) is 0 Å². The molecule has 10 nitrogen and oxygen atoms in total. The van der Waals surface area contributed by atoms with E-state index in [1.807, 2.05) is 18.2 Å². The Morgan fingerprint density at radius 2 is 1.89 bits per heavy atom. The number of carbonyl (C=O) groups is 1. The van der Waals surface area contributed by atoms with Gasteiger partial charge in [0.05, 0.1) is 12.3 Å². The van der Waals surface area contributed by atoms with Crippen LogP contribution >= 0.6 is 7.82 Å². The lowest BCUT2D eigenvalue weighted by molar-refractivity contribution is 0.243. The third-order valence-electron chi connectivity index (χ3n) is 5.06. The molecule has 1 aliphatic heterocycles. The predicted molar refractivity (Wildman–Crippen MR) is 145 cm³/mol. The molecule has 0 atom stereocenters. The summed E-state index contributed by atoms with van der Waals surface area (Å²) in [6.45, 7) is 4.48. The Balaban J connectivity index is 1.57. The molecule has 1 aliphatic rings. The van der Waals surface area contributed by atoms with Crippen molar-refractivity contribution in [1.82, 2.24) is 10.6 Å². The van der Waals surface area contributed by atoms with E-state index in [2.05, 4.69) is 48.8 Å². The number of benzene rings is 2. The average molecular weight is 524 g/mol. The zero-order valence-electron chi connectivity index (χ0n) is 20.3. The SMILES string of the molecule is C=CC/C=C(\N=C1/CN=CC(c2ccc(OP(=O)(O)O)cc2)=N1)NC(=O)NCCCCc1ccccc1. The number of nitrogens with one attached hydrogen (secondary N) is 2. The number of amidine groups is 1. The van der Waals surface area contributed by atoms with Gasteiger partial charge in [-0.15, -0.1) is 6.58 Å². The molecule has 3 rings (SSSR count). The predicted octanol–water partition coefficient (Wildman–Crippen LogP) is 4.17. The molecular formula is C26H30N5O5P. The van der Waals surface area contributed by atoms with Gasteiger partial charge in [0.15, 0.2) is 5.84 Å². The molecule has 2 amide bonds. The molecule has 0 aromatic heterocycles. The number of carbonyl (C=O) groups excluding carboxylic acids is 1. The molecule has 0 saturated carbocycles. The van der Waals surface area contributed by atoms with Crippen molar-refractivity contribution in [2.75, 3.05) is 13.1 Å². The average Bonchev–Trinajstić information content (AvgIpc) is 2.87. The Morgan fingerprint density at radius 1 is 1.14 bits per heavy atom. The summed E-state index contributed by atoms with van der Waals surface area (Å²) < 4.78 is 15.6. The van der Waals surface area contributed by atoms with Crippen molar-refractivity contribution in [3.63, 3.8) is 0 Å². The van der Waals surface area contributed by atoms with Crippen LogP contribution in [0.2, 0.25) is 0 Å². The second-order valence-electron chi connectivity index (χ2n) is 8.04. The Kier molecular flexibility index (Phi) is 10.5. The summed E-state index contributed by atoms with van der Waals surface area (Å²) in [6, 6.07) is 15.9. The van der Waals surface area contributed by atoms with Gasteiger partial charge >= 0.3 is 13.9 Å². The van der Waals surface area contributed by atoms with Crippen molar-refractivity contribution >= 4 is 31.6 Å². The van der Waals surface area contributed by atoms with Crippen molar-refractivity contribution < 1.29 is 23.7 Å². The van der Waals surface area contributed by atoms with E-state index in [4.69, 9.17) is 9.79 Å². The lowest BCUT2D eigenvalue weighted by Gasteiger charge is -2.12. The lowest BCUT2D eigenvalue weighted by atomic mass is 10.1. The summed E-state index contributed by atoms with van der Waals surface area (Å²) in [5.74, 6) is 0.762. The Labute approximate surface area is 215 Å². The largest absolute Gasteiger partial charge is 0.524 e. The lowest BCUT2D eigenvalue weighted by Crippen LogP contribution is -2.35. The van der Waals surface area contributed by atoms with Crippen LogP contribution in [0.3, 0.4) is 0 Å². The number of phosphoric acid groups is 1. The first-order valence-electron chi connectivity index (χ1n) is 11.7. The molecule has 194 valence electrons. The molecule has 4 N–H and O–H groups in total. The van der Waals surface area contributed by atoms with Crippen LogP contribution in [0, 0.1) is 0 Å². The van der Waals surface area contributed by atoms with E-state index in [0.717, 1.165) is 19.3 Å². The van der Waals surface area contributed by atoms with Gasteiger partial charge in [0, 0.05) is 18.3 Å². The van der Waals surface area contributed by atoms with Crippen molar-refractivity contribution in [3.05, 3.63) is 90.3 Å². The van der Waals surface area contributed by atoms with Crippen molar-refractivity contribution in [2.45, 2.75) is 25.7 Å². The highest BCUT2D eigenvalue weighted by molar-refractivity contribution is 7.46. The Morgan fingerprint density at radius 3 is 2.59 bits per heavy atom. The number of aryl methyl sites for hydroxylation is 1. The Hall–Kier alpha value is -3.85. The Bertz CT molecular complexity index is 1230. The summed E-state index contributed by atoms with van der Waals surface area (Å²) in [5.41, 5.74) is 2.45. The van der Waals surface area contributed by atoms with Crippen LogP contribution in [-0.2, 0) is 11.0 Å². The van der Waals surface area contributed by atoms with Crippen LogP contribution < -0.4 is 15.2 Å². The number of rotatable bonds is 12. The van der Waals surface area contributed by atoms with Gasteiger partial charge in [-0.1, -0.05) is 36.4 Å². The fourth-order valence-corrected chi connectivity index (χ4v) is 3.76. The van der Waals surface area contributed by atoms with Gasteiger partial charge in [0.25, 0.3) is 0 Å². The van der Waals surface area contributed by atoms with Crippen molar-refractivity contribution in [2.24, 2.45) is 15.0 Å². The summed E-state index contributed by atoms with van der Waals surface area (Å²) >= 11 is 0. The van der Waals surface area contributed by atoms with Crippen LogP contribution in [0.4, 0.5) is 4.79 Å². The maximum Gasteiger partial charge on any atom is 0.524 e. The number of amides is 2. The quantitative estimate of drug-likeness (QED) is 0.187. The molecule has 0 fully saturated rings. The maximum atomic E-state index is 12.4. The molecule has 0 radical (unpaired) electrons. The monoisotopic (exact) mass is 523 g/mol. The standard InChI is InChI=1S/C26H30N5O5P/c1-2-3-12-24(31-26(32)28-17-8-7-11-20-9-5-4-6-10-20)30-25-19-27-18-23(29-25)21-13-15-22(16-14-21)36-37(33,34)35/h2,4-6,9-10,12-16,18H,1,3,7-8,11,17,19H2,(H2,28,31,32)(H2,33,34,35)/b24-12+,30-25+. The van der Waals surface area contributed by atoms with Crippen molar-refractivity contribution in [3.8, 4) is 5.75 Å². The van der Waals surface area contributed by atoms with E-state index in [9.17, 15) is 9.36 Å². The minimum atomic E-state index is -4.63. The number of aliphatic imine (C=N–C) groups is 3. The molecule has 0 aliphatic carbocycles. The fourth-order valence-electron chi connectivity index (χ4n) is 3.36. The van der Waals surface area contributed by atoms with E-state index in [1.165, 1.54) is 17.7 Å². The van der Waals surface area contributed by atoms with Gasteiger partial charge < -0.3 is 9.84 Å². The molecule has 0 bridgehead atoms. The van der Waals surface area contributed by atoms with Crippen LogP contribution in [0.25, 0.3) is 0 Å². The van der Waals surface area contributed by atoms with Crippen molar-refractivity contribution in [1.29, 1.82) is 0 Å². The van der Waals surface area contributed by atoms with E-state index < -0.39 is 7.82 Å².